The van der Waals surface area contributed by atoms with Crippen molar-refractivity contribution in [2.45, 2.75) is 38.3 Å². The van der Waals surface area contributed by atoms with E-state index in [1.807, 2.05) is 0 Å². The number of amidine groups is 1. The van der Waals surface area contributed by atoms with Gasteiger partial charge in [0.05, 0.1) is 6.61 Å². The fourth-order valence-electron chi connectivity index (χ4n) is 2.37. The Kier molecular flexibility index (Phi) is 5.79. The van der Waals surface area contributed by atoms with Crippen LogP contribution in [-0.4, -0.2) is 37.2 Å². The number of alkyl carbamates (subject to hydrolysis) is 1. The first kappa shape index (κ1) is 19.6. The van der Waals surface area contributed by atoms with Gasteiger partial charge in [0.25, 0.3) is 6.43 Å². The fourth-order valence-corrected chi connectivity index (χ4v) is 2.37. The third-order valence-electron chi connectivity index (χ3n) is 3.41. The largest absolute Gasteiger partial charge is 0.444 e. The predicted octanol–water partition coefficient (Wildman–Crippen LogP) is 4.04. The summed E-state index contributed by atoms with van der Waals surface area (Å²) in [6, 6.07) is 5.71. The Morgan fingerprint density at radius 2 is 2.23 bits per heavy atom. The maximum atomic E-state index is 13.9. The average molecular weight is 367 g/mol. The first-order chi connectivity index (χ1) is 12.2. The van der Waals surface area contributed by atoms with Crippen LogP contribution >= 0.6 is 0 Å². The number of hydrogen-bond acceptors (Lipinski definition) is 5. The number of carbonyl (C=O) groups is 1. The van der Waals surface area contributed by atoms with Gasteiger partial charge in [-0.3, -0.25) is 5.32 Å². The van der Waals surface area contributed by atoms with Crippen LogP contribution in [-0.2, 0) is 15.0 Å². The number of ether oxygens (including phenoxy) is 2. The lowest BCUT2D eigenvalue weighted by molar-refractivity contribution is -0.0140. The van der Waals surface area contributed by atoms with Crippen molar-refractivity contribution in [2.75, 3.05) is 13.2 Å². The molecule has 1 amide bonds. The number of nitrogens with one attached hydrogen (secondary N) is 1. The fraction of sp³-hybridized carbons (Fsp3) is 0.500. The van der Waals surface area contributed by atoms with Gasteiger partial charge in [-0.2, -0.15) is 0 Å². The van der Waals surface area contributed by atoms with E-state index < -0.39 is 23.7 Å². The van der Waals surface area contributed by atoms with Crippen molar-refractivity contribution in [3.05, 3.63) is 40.3 Å². The molecule has 1 heterocycles. The van der Waals surface area contributed by atoms with Crippen molar-refractivity contribution < 1.29 is 23.0 Å². The number of rotatable bonds is 3. The van der Waals surface area contributed by atoms with Crippen LogP contribution in [0.25, 0.3) is 10.4 Å². The maximum Gasteiger partial charge on any atom is 0.413 e. The number of halogens is 2. The second-order valence-corrected chi connectivity index (χ2v) is 6.64. The van der Waals surface area contributed by atoms with Gasteiger partial charge in [0.2, 0.25) is 0 Å². The van der Waals surface area contributed by atoms with Crippen LogP contribution in [0.1, 0.15) is 26.3 Å². The van der Waals surface area contributed by atoms with Crippen LogP contribution in [0.4, 0.5) is 19.3 Å². The first-order valence-electron chi connectivity index (χ1n) is 7.76. The van der Waals surface area contributed by atoms with Gasteiger partial charge in [-0.05, 0) is 37.9 Å². The molecule has 0 aromatic heterocycles. The number of azide groups is 1. The number of nitrogens with zero attached hydrogens (tertiary/aromatic N) is 4. The van der Waals surface area contributed by atoms with E-state index in [2.05, 4.69) is 20.3 Å². The molecule has 0 fully saturated rings. The third-order valence-corrected chi connectivity index (χ3v) is 3.41. The molecule has 0 saturated heterocycles. The summed E-state index contributed by atoms with van der Waals surface area (Å²) in [5.74, 6) is -0.0695. The van der Waals surface area contributed by atoms with Crippen molar-refractivity contribution in [3.63, 3.8) is 0 Å². The summed E-state index contributed by atoms with van der Waals surface area (Å²) < 4.78 is 38.2. The number of aliphatic imine (C=N–C) groups is 1. The monoisotopic (exact) mass is 367 g/mol. The van der Waals surface area contributed by atoms with Gasteiger partial charge in [0.1, 0.15) is 18.0 Å². The van der Waals surface area contributed by atoms with E-state index in [4.69, 9.17) is 15.0 Å². The molecule has 0 aliphatic carbocycles. The number of alkyl halides is 2. The molecule has 0 spiro atoms. The van der Waals surface area contributed by atoms with E-state index in [0.29, 0.717) is 0 Å². The molecule has 1 atom stereocenters. The van der Waals surface area contributed by atoms with Gasteiger partial charge in [-0.25, -0.2) is 18.6 Å². The van der Waals surface area contributed by atoms with E-state index in [9.17, 15) is 13.6 Å². The number of hydrogen-bond donors (Lipinski definition) is 1. The highest BCUT2D eigenvalue weighted by Gasteiger charge is 2.45. The molecule has 1 unspecified atom stereocenters. The number of carbonyl (C=O) groups excluding carboxylic acids is 1. The summed E-state index contributed by atoms with van der Waals surface area (Å²) in [5.41, 5.74) is 6.04. The smallest absolute Gasteiger partial charge is 0.413 e. The zero-order valence-electron chi connectivity index (χ0n) is 14.6. The molecule has 1 aliphatic heterocycles. The molecule has 0 bridgehead atoms. The van der Waals surface area contributed by atoms with E-state index in [1.165, 1.54) is 24.3 Å². The lowest BCUT2D eigenvalue weighted by Gasteiger charge is -2.34. The standard InChI is InChI=1S/C16H19F2N5O3/c1-15(2,3)26-14(24)20-12-8-25-9-16(21-12,13(17)18)10-5-4-6-11(7-10)22-23-19/h4-7,13H,8-9H2,1-3H3,(H,20,21,24). The molecule has 26 heavy (non-hydrogen) atoms. The van der Waals surface area contributed by atoms with Crippen LogP contribution in [0, 0.1) is 0 Å². The van der Waals surface area contributed by atoms with Gasteiger partial charge < -0.3 is 9.47 Å². The topological polar surface area (TPSA) is 109 Å². The third kappa shape index (κ3) is 4.68. The maximum absolute atomic E-state index is 13.9. The van der Waals surface area contributed by atoms with Crippen molar-refractivity contribution in [1.29, 1.82) is 0 Å². The van der Waals surface area contributed by atoms with E-state index in [0.717, 1.165) is 0 Å². The zero-order valence-corrected chi connectivity index (χ0v) is 14.6. The summed E-state index contributed by atoms with van der Waals surface area (Å²) in [6.07, 6.45) is -3.73. The first-order valence-corrected chi connectivity index (χ1v) is 7.76. The molecule has 2 rings (SSSR count). The highest BCUT2D eigenvalue weighted by atomic mass is 19.3. The Labute approximate surface area is 148 Å². The number of benzene rings is 1. The minimum Gasteiger partial charge on any atom is -0.444 e. The van der Waals surface area contributed by atoms with Crippen molar-refractivity contribution in [2.24, 2.45) is 10.1 Å². The molecular formula is C16H19F2N5O3. The molecule has 0 radical (unpaired) electrons. The van der Waals surface area contributed by atoms with Gasteiger partial charge in [-0.1, -0.05) is 23.3 Å². The molecule has 1 aliphatic rings. The summed E-state index contributed by atoms with van der Waals surface area (Å²) >= 11 is 0. The van der Waals surface area contributed by atoms with E-state index in [-0.39, 0.29) is 30.3 Å². The van der Waals surface area contributed by atoms with Gasteiger partial charge in [-0.15, -0.1) is 0 Å². The Bertz CT molecular complexity index is 756. The van der Waals surface area contributed by atoms with Crippen molar-refractivity contribution in [1.82, 2.24) is 5.32 Å². The molecule has 140 valence electrons. The lowest BCUT2D eigenvalue weighted by atomic mass is 9.90. The molecule has 0 saturated carbocycles. The van der Waals surface area contributed by atoms with E-state index >= 15 is 0 Å². The Morgan fingerprint density at radius 1 is 1.50 bits per heavy atom. The minimum atomic E-state index is -2.92. The minimum absolute atomic E-state index is 0.0695. The number of amides is 1. The van der Waals surface area contributed by atoms with Crippen LogP contribution in [0.5, 0.6) is 0 Å². The molecule has 1 aromatic rings. The lowest BCUT2D eigenvalue weighted by Crippen LogP contribution is -2.48. The second-order valence-electron chi connectivity index (χ2n) is 6.64. The Balaban J connectivity index is 2.37. The van der Waals surface area contributed by atoms with Gasteiger partial charge >= 0.3 is 6.09 Å². The van der Waals surface area contributed by atoms with E-state index in [1.54, 1.807) is 20.8 Å². The van der Waals surface area contributed by atoms with Crippen LogP contribution in [0.2, 0.25) is 0 Å². The second kappa shape index (κ2) is 7.67. The normalized spacial score (nSPS) is 20.2. The predicted molar refractivity (Wildman–Crippen MR) is 90.6 cm³/mol. The molecule has 1 aromatic carbocycles. The SMILES string of the molecule is CC(C)(C)OC(=O)NC1=NC(c2cccc(N=[N+]=[N-])c2)(C(F)F)COC1. The zero-order chi connectivity index (χ0) is 19.4. The molecular weight excluding hydrogens is 348 g/mol. The highest BCUT2D eigenvalue weighted by molar-refractivity contribution is 5.96. The Morgan fingerprint density at radius 3 is 2.85 bits per heavy atom. The molecule has 1 N–H and O–H groups in total. The molecule has 10 heteroatoms. The summed E-state index contributed by atoms with van der Waals surface area (Å²) in [5, 5.41) is 5.76. The average Bonchev–Trinajstić information content (AvgIpc) is 2.53. The van der Waals surface area contributed by atoms with Gasteiger partial charge in [0, 0.05) is 10.6 Å². The summed E-state index contributed by atoms with van der Waals surface area (Å²) in [6.45, 7) is 4.51. The summed E-state index contributed by atoms with van der Waals surface area (Å²) in [4.78, 5) is 18.6. The highest BCUT2D eigenvalue weighted by Crippen LogP contribution is 2.36. The van der Waals surface area contributed by atoms with Crippen LogP contribution in [0.15, 0.2) is 34.4 Å². The quantitative estimate of drug-likeness (QED) is 0.494. The van der Waals surface area contributed by atoms with Crippen LogP contribution in [0.3, 0.4) is 0 Å². The van der Waals surface area contributed by atoms with Crippen molar-refractivity contribution in [3.8, 4) is 0 Å². The van der Waals surface area contributed by atoms with Crippen LogP contribution < -0.4 is 5.32 Å². The summed E-state index contributed by atoms with van der Waals surface area (Å²) in [7, 11) is 0. The van der Waals surface area contributed by atoms with Gasteiger partial charge in [0.15, 0.2) is 5.54 Å². The van der Waals surface area contributed by atoms with Crippen molar-refractivity contribution >= 4 is 17.6 Å². The Hall–Kier alpha value is -2.71. The molecule has 8 nitrogen and oxygen atoms in total.